The van der Waals surface area contributed by atoms with Gasteiger partial charge in [0, 0.05) is 48.5 Å². The van der Waals surface area contributed by atoms with Gasteiger partial charge in [-0.1, -0.05) is 6.07 Å². The van der Waals surface area contributed by atoms with Crippen molar-refractivity contribution in [2.75, 3.05) is 0 Å². The molecular weight excluding hydrogens is 310 g/mol. The zero-order chi connectivity index (χ0) is 17.2. The van der Waals surface area contributed by atoms with Crippen molar-refractivity contribution in [3.8, 4) is 5.69 Å². The molecule has 126 valence electrons. The third-order valence-electron chi connectivity index (χ3n) is 4.39. The van der Waals surface area contributed by atoms with Crippen LogP contribution in [0.5, 0.6) is 0 Å². The van der Waals surface area contributed by atoms with E-state index in [1.54, 1.807) is 12.4 Å². The van der Waals surface area contributed by atoms with Gasteiger partial charge in [0.05, 0.1) is 11.4 Å². The van der Waals surface area contributed by atoms with Gasteiger partial charge >= 0.3 is 0 Å². The van der Waals surface area contributed by atoms with Gasteiger partial charge in [0.15, 0.2) is 0 Å². The predicted octanol–water partition coefficient (Wildman–Crippen LogP) is 3.66. The van der Waals surface area contributed by atoms with Crippen molar-refractivity contribution in [1.29, 1.82) is 0 Å². The Kier molecular flexibility index (Phi) is 4.07. The smallest absolute Gasteiger partial charge is 0.0676 e. The monoisotopic (exact) mass is 331 g/mol. The summed E-state index contributed by atoms with van der Waals surface area (Å²) in [6.07, 6.45) is 5.64. The Bertz CT molecular complexity index is 998. The number of hydrogen-bond acceptors (Lipinski definition) is 3. The highest BCUT2D eigenvalue weighted by atomic mass is 15.3. The Balaban J connectivity index is 1.43. The van der Waals surface area contributed by atoms with Crippen molar-refractivity contribution < 1.29 is 0 Å². The summed E-state index contributed by atoms with van der Waals surface area (Å²) in [6, 6.07) is 12.6. The molecule has 3 heterocycles. The number of aromatic amines is 1. The largest absolute Gasteiger partial charge is 0.359 e. The average Bonchev–Trinajstić information content (AvgIpc) is 3.17. The molecule has 0 atom stereocenters. The van der Waals surface area contributed by atoms with Gasteiger partial charge in [0.2, 0.25) is 0 Å². The summed E-state index contributed by atoms with van der Waals surface area (Å²) in [5.74, 6) is 0. The Morgan fingerprint density at radius 2 is 1.88 bits per heavy atom. The Morgan fingerprint density at radius 3 is 2.72 bits per heavy atom. The third-order valence-corrected chi connectivity index (χ3v) is 4.39. The molecule has 4 aromatic rings. The van der Waals surface area contributed by atoms with Crippen LogP contribution in [0, 0.1) is 13.8 Å². The lowest BCUT2D eigenvalue weighted by atomic mass is 10.1. The van der Waals surface area contributed by atoms with E-state index in [4.69, 9.17) is 0 Å². The quantitative estimate of drug-likeness (QED) is 0.587. The SMILES string of the molecule is Cc1cc2cc(CNCc3cn(-c4ccncc4)nc3C)ccc2[nH]1. The molecule has 0 aliphatic rings. The Labute approximate surface area is 146 Å². The maximum absolute atomic E-state index is 4.59. The molecule has 5 heteroatoms. The highest BCUT2D eigenvalue weighted by molar-refractivity contribution is 5.81. The van der Waals surface area contributed by atoms with Crippen LogP contribution in [0.4, 0.5) is 0 Å². The lowest BCUT2D eigenvalue weighted by Crippen LogP contribution is -2.12. The molecule has 0 radical (unpaired) electrons. The highest BCUT2D eigenvalue weighted by Crippen LogP contribution is 2.17. The molecule has 4 rings (SSSR count). The molecule has 3 aromatic heterocycles. The van der Waals surface area contributed by atoms with Crippen LogP contribution in [0.25, 0.3) is 16.6 Å². The van der Waals surface area contributed by atoms with Crippen LogP contribution < -0.4 is 5.32 Å². The number of nitrogens with zero attached hydrogens (tertiary/aromatic N) is 3. The molecule has 0 saturated heterocycles. The predicted molar refractivity (Wildman–Crippen MR) is 99.7 cm³/mol. The number of aromatic nitrogens is 4. The molecule has 0 unspecified atom stereocenters. The number of pyridine rings is 1. The number of fused-ring (bicyclic) bond motifs is 1. The van der Waals surface area contributed by atoms with E-state index in [9.17, 15) is 0 Å². The van der Waals surface area contributed by atoms with Gasteiger partial charge in [0.1, 0.15) is 0 Å². The minimum absolute atomic E-state index is 0.793. The first-order chi connectivity index (χ1) is 12.2. The second kappa shape index (κ2) is 6.53. The summed E-state index contributed by atoms with van der Waals surface area (Å²) in [6.45, 7) is 5.76. The molecule has 5 nitrogen and oxygen atoms in total. The van der Waals surface area contributed by atoms with E-state index in [0.29, 0.717) is 0 Å². The van der Waals surface area contributed by atoms with E-state index >= 15 is 0 Å². The van der Waals surface area contributed by atoms with Gasteiger partial charge in [-0.05, 0) is 55.1 Å². The number of hydrogen-bond donors (Lipinski definition) is 2. The van der Waals surface area contributed by atoms with Crippen molar-refractivity contribution >= 4 is 10.9 Å². The summed E-state index contributed by atoms with van der Waals surface area (Å²) in [5.41, 5.74) is 6.94. The third kappa shape index (κ3) is 3.32. The minimum atomic E-state index is 0.793. The lowest BCUT2D eigenvalue weighted by molar-refractivity contribution is 0.691. The van der Waals surface area contributed by atoms with Crippen LogP contribution in [-0.2, 0) is 13.1 Å². The van der Waals surface area contributed by atoms with E-state index in [-0.39, 0.29) is 0 Å². The van der Waals surface area contributed by atoms with E-state index in [0.717, 1.165) is 24.5 Å². The van der Waals surface area contributed by atoms with Crippen LogP contribution in [-0.4, -0.2) is 19.7 Å². The van der Waals surface area contributed by atoms with Gasteiger partial charge in [-0.2, -0.15) is 5.10 Å². The van der Waals surface area contributed by atoms with E-state index in [1.165, 1.54) is 27.7 Å². The molecule has 0 aliphatic heterocycles. The fourth-order valence-electron chi connectivity index (χ4n) is 3.08. The number of nitrogens with one attached hydrogen (secondary N) is 2. The van der Waals surface area contributed by atoms with Crippen LogP contribution in [0.2, 0.25) is 0 Å². The summed E-state index contributed by atoms with van der Waals surface area (Å²) in [4.78, 5) is 7.41. The molecule has 0 amide bonds. The van der Waals surface area contributed by atoms with Crippen LogP contribution in [0.15, 0.2) is 55.0 Å². The number of benzene rings is 1. The van der Waals surface area contributed by atoms with Crippen molar-refractivity contribution in [2.45, 2.75) is 26.9 Å². The fraction of sp³-hybridized carbons (Fsp3) is 0.200. The van der Waals surface area contributed by atoms with Crippen molar-refractivity contribution in [1.82, 2.24) is 25.1 Å². The Morgan fingerprint density at radius 1 is 1.04 bits per heavy atom. The number of rotatable bonds is 5. The molecule has 0 fully saturated rings. The normalized spacial score (nSPS) is 11.3. The fourth-order valence-corrected chi connectivity index (χ4v) is 3.08. The lowest BCUT2D eigenvalue weighted by Gasteiger charge is -2.04. The summed E-state index contributed by atoms with van der Waals surface area (Å²) in [7, 11) is 0. The molecule has 0 aliphatic carbocycles. The summed E-state index contributed by atoms with van der Waals surface area (Å²) >= 11 is 0. The van der Waals surface area contributed by atoms with Crippen LogP contribution in [0.3, 0.4) is 0 Å². The first-order valence-corrected chi connectivity index (χ1v) is 8.43. The van der Waals surface area contributed by atoms with E-state index in [1.807, 2.05) is 23.7 Å². The van der Waals surface area contributed by atoms with Gasteiger partial charge < -0.3 is 10.3 Å². The molecule has 25 heavy (non-hydrogen) atoms. The zero-order valence-corrected chi connectivity index (χ0v) is 14.5. The molecule has 0 spiro atoms. The van der Waals surface area contributed by atoms with Gasteiger partial charge in [0.25, 0.3) is 0 Å². The topological polar surface area (TPSA) is 58.5 Å². The van der Waals surface area contributed by atoms with E-state index < -0.39 is 0 Å². The first kappa shape index (κ1) is 15.6. The standard InChI is InChI=1S/C20H21N5/c1-14-9-17-10-16(3-4-20(17)23-14)11-22-12-18-13-25(24-15(18)2)19-5-7-21-8-6-19/h3-10,13,22-23H,11-12H2,1-2H3. The number of H-pyrrole nitrogens is 1. The molecular formula is C20H21N5. The summed E-state index contributed by atoms with van der Waals surface area (Å²) < 4.78 is 1.91. The van der Waals surface area contributed by atoms with Crippen molar-refractivity contribution in [3.63, 3.8) is 0 Å². The summed E-state index contributed by atoms with van der Waals surface area (Å²) in [5, 5.41) is 9.38. The van der Waals surface area contributed by atoms with Crippen molar-refractivity contribution in [2.24, 2.45) is 0 Å². The number of aryl methyl sites for hydroxylation is 2. The first-order valence-electron chi connectivity index (χ1n) is 8.43. The van der Waals surface area contributed by atoms with Crippen molar-refractivity contribution in [3.05, 3.63) is 77.5 Å². The second-order valence-corrected chi connectivity index (χ2v) is 6.37. The Hall–Kier alpha value is -2.92. The maximum atomic E-state index is 4.59. The van der Waals surface area contributed by atoms with Crippen LogP contribution in [0.1, 0.15) is 22.5 Å². The second-order valence-electron chi connectivity index (χ2n) is 6.37. The zero-order valence-electron chi connectivity index (χ0n) is 14.5. The van der Waals surface area contributed by atoms with Gasteiger partial charge in [-0.3, -0.25) is 4.98 Å². The molecule has 1 aromatic carbocycles. The van der Waals surface area contributed by atoms with Crippen LogP contribution >= 0.6 is 0 Å². The highest BCUT2D eigenvalue weighted by Gasteiger charge is 2.06. The maximum Gasteiger partial charge on any atom is 0.0676 e. The minimum Gasteiger partial charge on any atom is -0.359 e. The average molecular weight is 331 g/mol. The molecule has 2 N–H and O–H groups in total. The molecule has 0 saturated carbocycles. The van der Waals surface area contributed by atoms with E-state index in [2.05, 4.69) is 57.8 Å². The van der Waals surface area contributed by atoms with Gasteiger partial charge in [-0.15, -0.1) is 0 Å². The van der Waals surface area contributed by atoms with Gasteiger partial charge in [-0.25, -0.2) is 4.68 Å². The molecule has 0 bridgehead atoms.